The minimum absolute atomic E-state index is 0.171. The van der Waals surface area contributed by atoms with Gasteiger partial charge in [-0.05, 0) is 62.9 Å². The highest BCUT2D eigenvalue weighted by atomic mass is 32.2. The number of para-hydroxylation sites is 1. The van der Waals surface area contributed by atoms with E-state index < -0.39 is 10.0 Å². The van der Waals surface area contributed by atoms with Crippen LogP contribution in [0.4, 0.5) is 4.39 Å². The van der Waals surface area contributed by atoms with Gasteiger partial charge >= 0.3 is 0 Å². The van der Waals surface area contributed by atoms with E-state index >= 15 is 0 Å². The number of hydrogen-bond donors (Lipinski definition) is 0. The van der Waals surface area contributed by atoms with E-state index in [-0.39, 0.29) is 16.1 Å². The maximum atomic E-state index is 14.1. The Bertz CT molecular complexity index is 1050. The SMILES string of the molecule is O=S1(=O)c2ccccc2OCC2(CCN(Cc3ccccc3F)CC2)CN1CC1CC1. The molecule has 3 aliphatic rings. The third-order valence-electron chi connectivity index (χ3n) is 6.94. The maximum absolute atomic E-state index is 14.1. The Morgan fingerprint density at radius 2 is 1.74 bits per heavy atom. The average molecular weight is 445 g/mol. The number of halogens is 1. The zero-order chi connectivity index (χ0) is 21.5. The van der Waals surface area contributed by atoms with Gasteiger partial charge in [0, 0.05) is 30.6 Å². The van der Waals surface area contributed by atoms with Crippen molar-refractivity contribution in [2.24, 2.45) is 11.3 Å². The molecule has 1 saturated carbocycles. The molecule has 0 aromatic heterocycles. The Morgan fingerprint density at radius 1 is 1.03 bits per heavy atom. The first kappa shape index (κ1) is 20.9. The second kappa shape index (κ2) is 8.19. The molecule has 2 heterocycles. The van der Waals surface area contributed by atoms with Gasteiger partial charge in [-0.1, -0.05) is 30.3 Å². The summed E-state index contributed by atoms with van der Waals surface area (Å²) in [5, 5.41) is 0. The van der Waals surface area contributed by atoms with Crippen LogP contribution in [0.5, 0.6) is 5.75 Å². The molecule has 0 unspecified atom stereocenters. The number of nitrogens with zero attached hydrogens (tertiary/aromatic N) is 2. The first-order valence-electron chi connectivity index (χ1n) is 11.1. The monoisotopic (exact) mass is 444 g/mol. The van der Waals surface area contributed by atoms with E-state index in [2.05, 4.69) is 4.90 Å². The molecule has 2 aliphatic heterocycles. The summed E-state index contributed by atoms with van der Waals surface area (Å²) in [5.74, 6) is 0.756. The fourth-order valence-electron chi connectivity index (χ4n) is 4.76. The van der Waals surface area contributed by atoms with E-state index in [0.29, 0.717) is 43.5 Å². The molecule has 5 rings (SSSR count). The van der Waals surface area contributed by atoms with Gasteiger partial charge in [0.2, 0.25) is 10.0 Å². The second-order valence-electron chi connectivity index (χ2n) is 9.34. The molecule has 2 aromatic carbocycles. The molecule has 5 nitrogen and oxygen atoms in total. The van der Waals surface area contributed by atoms with E-state index in [9.17, 15) is 12.8 Å². The maximum Gasteiger partial charge on any atom is 0.246 e. The number of benzene rings is 2. The molecular weight excluding hydrogens is 415 g/mol. The quantitative estimate of drug-likeness (QED) is 0.718. The van der Waals surface area contributed by atoms with Crippen LogP contribution in [0.15, 0.2) is 53.4 Å². The summed E-state index contributed by atoms with van der Waals surface area (Å²) in [6.07, 6.45) is 3.88. The van der Waals surface area contributed by atoms with Crippen LogP contribution in [-0.2, 0) is 16.6 Å². The van der Waals surface area contributed by atoms with Gasteiger partial charge in [0.25, 0.3) is 0 Å². The molecule has 0 amide bonds. The number of likely N-dealkylation sites (tertiary alicyclic amines) is 1. The summed E-state index contributed by atoms with van der Waals surface area (Å²) < 4.78 is 48.9. The number of rotatable bonds is 4. The van der Waals surface area contributed by atoms with Gasteiger partial charge in [-0.15, -0.1) is 0 Å². The molecule has 1 aliphatic carbocycles. The second-order valence-corrected chi connectivity index (χ2v) is 11.3. The van der Waals surface area contributed by atoms with E-state index in [0.717, 1.165) is 38.8 Å². The molecule has 0 N–H and O–H groups in total. The van der Waals surface area contributed by atoms with Crippen molar-refractivity contribution in [1.29, 1.82) is 0 Å². The fraction of sp³-hybridized carbons (Fsp3) is 0.500. The molecule has 7 heteroatoms. The van der Waals surface area contributed by atoms with Crippen LogP contribution in [0.25, 0.3) is 0 Å². The Morgan fingerprint density at radius 3 is 2.48 bits per heavy atom. The summed E-state index contributed by atoms with van der Waals surface area (Å²) in [4.78, 5) is 2.54. The lowest BCUT2D eigenvalue weighted by Crippen LogP contribution is -2.51. The van der Waals surface area contributed by atoms with Crippen LogP contribution in [-0.4, -0.2) is 50.4 Å². The first-order chi connectivity index (χ1) is 15.0. The van der Waals surface area contributed by atoms with Gasteiger partial charge in [-0.2, -0.15) is 4.31 Å². The average Bonchev–Trinajstić information content (AvgIpc) is 3.59. The summed E-state index contributed by atoms with van der Waals surface area (Å²) >= 11 is 0. The molecule has 2 fully saturated rings. The van der Waals surface area contributed by atoms with Crippen LogP contribution in [0, 0.1) is 17.2 Å². The Kier molecular flexibility index (Phi) is 5.52. The number of sulfonamides is 1. The lowest BCUT2D eigenvalue weighted by molar-refractivity contribution is 0.0316. The minimum atomic E-state index is -3.60. The highest BCUT2D eigenvalue weighted by molar-refractivity contribution is 7.89. The predicted molar refractivity (Wildman–Crippen MR) is 117 cm³/mol. The third-order valence-corrected chi connectivity index (χ3v) is 8.79. The molecule has 2 aromatic rings. The van der Waals surface area contributed by atoms with Crippen molar-refractivity contribution >= 4 is 10.0 Å². The third kappa shape index (κ3) is 4.36. The van der Waals surface area contributed by atoms with Gasteiger partial charge in [0.15, 0.2) is 0 Å². The van der Waals surface area contributed by atoms with Crippen LogP contribution in [0.1, 0.15) is 31.2 Å². The van der Waals surface area contributed by atoms with E-state index in [1.807, 2.05) is 18.2 Å². The van der Waals surface area contributed by atoms with Gasteiger partial charge in [0.1, 0.15) is 16.5 Å². The Hall–Kier alpha value is -1.96. The van der Waals surface area contributed by atoms with Crippen molar-refractivity contribution in [3.05, 3.63) is 59.9 Å². The number of piperidine rings is 1. The molecule has 0 radical (unpaired) electrons. The largest absolute Gasteiger partial charge is 0.492 e. The van der Waals surface area contributed by atoms with Crippen molar-refractivity contribution in [2.75, 3.05) is 32.8 Å². The van der Waals surface area contributed by atoms with Crippen molar-refractivity contribution in [2.45, 2.75) is 37.1 Å². The van der Waals surface area contributed by atoms with E-state index in [1.165, 1.54) is 6.07 Å². The standard InChI is InChI=1S/C24H29FN2O3S/c25-21-6-2-1-5-20(21)16-26-13-11-24(12-14-26)17-27(15-19-9-10-19)31(28,29)23-8-4-3-7-22(23)30-18-24/h1-8,19H,9-18H2. The molecular formula is C24H29FN2O3S. The zero-order valence-corrected chi connectivity index (χ0v) is 18.5. The van der Waals surface area contributed by atoms with Crippen molar-refractivity contribution < 1.29 is 17.5 Å². The first-order valence-corrected chi connectivity index (χ1v) is 12.6. The Labute approximate surface area is 183 Å². The highest BCUT2D eigenvalue weighted by Gasteiger charge is 2.44. The lowest BCUT2D eigenvalue weighted by Gasteiger charge is -2.45. The topological polar surface area (TPSA) is 49.9 Å². The summed E-state index contributed by atoms with van der Waals surface area (Å²) in [5.41, 5.74) is 0.487. The van der Waals surface area contributed by atoms with Crippen LogP contribution in [0.2, 0.25) is 0 Å². The van der Waals surface area contributed by atoms with Gasteiger partial charge < -0.3 is 4.74 Å². The van der Waals surface area contributed by atoms with Crippen molar-refractivity contribution in [1.82, 2.24) is 9.21 Å². The van der Waals surface area contributed by atoms with Crippen molar-refractivity contribution in [3.63, 3.8) is 0 Å². The lowest BCUT2D eigenvalue weighted by atomic mass is 9.78. The fourth-order valence-corrected chi connectivity index (χ4v) is 6.52. The van der Waals surface area contributed by atoms with E-state index in [1.54, 1.807) is 28.6 Å². The highest BCUT2D eigenvalue weighted by Crippen LogP contribution is 2.41. The van der Waals surface area contributed by atoms with Gasteiger partial charge in [0.05, 0.1) is 6.61 Å². The predicted octanol–water partition coefficient (Wildman–Crippen LogP) is 3.90. The van der Waals surface area contributed by atoms with Crippen LogP contribution < -0.4 is 4.74 Å². The van der Waals surface area contributed by atoms with Crippen molar-refractivity contribution in [3.8, 4) is 5.75 Å². The van der Waals surface area contributed by atoms with Crippen LogP contribution in [0.3, 0.4) is 0 Å². The smallest absolute Gasteiger partial charge is 0.246 e. The Balaban J connectivity index is 1.37. The summed E-state index contributed by atoms with van der Waals surface area (Å²) in [6, 6.07) is 13.9. The summed E-state index contributed by atoms with van der Waals surface area (Å²) in [7, 11) is -3.60. The van der Waals surface area contributed by atoms with Gasteiger partial charge in [-0.3, -0.25) is 4.90 Å². The summed E-state index contributed by atoms with van der Waals surface area (Å²) in [6.45, 7) is 3.78. The molecule has 0 bridgehead atoms. The molecule has 1 spiro atoms. The van der Waals surface area contributed by atoms with Crippen LogP contribution >= 0.6 is 0 Å². The number of fused-ring (bicyclic) bond motifs is 1. The minimum Gasteiger partial charge on any atom is -0.492 e. The molecule has 31 heavy (non-hydrogen) atoms. The molecule has 166 valence electrons. The number of ether oxygens (including phenoxy) is 1. The normalized spacial score (nSPS) is 23.5. The number of hydrogen-bond acceptors (Lipinski definition) is 4. The van der Waals surface area contributed by atoms with E-state index in [4.69, 9.17) is 4.74 Å². The zero-order valence-electron chi connectivity index (χ0n) is 17.7. The molecule has 0 atom stereocenters. The van der Waals surface area contributed by atoms with Gasteiger partial charge in [-0.25, -0.2) is 12.8 Å². The molecule has 1 saturated heterocycles.